The molecule has 0 aliphatic carbocycles. The molecule has 1 N–H and O–H groups in total. The van der Waals surface area contributed by atoms with Crippen LogP contribution in [0, 0.1) is 0 Å². The Morgan fingerprint density at radius 2 is 1.81 bits per heavy atom. The van der Waals surface area contributed by atoms with E-state index in [1.54, 1.807) is 18.2 Å². The van der Waals surface area contributed by atoms with Gasteiger partial charge in [-0.15, -0.1) is 0 Å². The second-order valence-corrected chi connectivity index (χ2v) is 4.95. The predicted octanol–water partition coefficient (Wildman–Crippen LogP) is 1.76. The standard InChI is InChI=1S/C11H12O4S/c1-8(2)10(12)11(16(13,14)15)9-6-4-3-5-7-9/h3-7,11H,1H2,2H3,(H,13,14,15). The van der Waals surface area contributed by atoms with Crippen LogP contribution in [0.4, 0.5) is 0 Å². The minimum atomic E-state index is -4.47. The molecule has 1 rings (SSSR count). The molecule has 0 aliphatic heterocycles. The molecule has 0 fully saturated rings. The summed E-state index contributed by atoms with van der Waals surface area (Å²) in [5.41, 5.74) is 0.324. The molecular formula is C11H12O4S. The van der Waals surface area contributed by atoms with Gasteiger partial charge >= 0.3 is 0 Å². The molecule has 0 saturated carbocycles. The molecule has 0 radical (unpaired) electrons. The van der Waals surface area contributed by atoms with E-state index in [2.05, 4.69) is 6.58 Å². The highest BCUT2D eigenvalue weighted by Crippen LogP contribution is 2.24. The predicted molar refractivity (Wildman–Crippen MR) is 60.6 cm³/mol. The van der Waals surface area contributed by atoms with Crippen LogP contribution in [0.2, 0.25) is 0 Å². The molecule has 1 aromatic rings. The van der Waals surface area contributed by atoms with E-state index >= 15 is 0 Å². The second kappa shape index (κ2) is 4.59. The Morgan fingerprint density at radius 3 is 2.19 bits per heavy atom. The molecular weight excluding hydrogens is 228 g/mol. The van der Waals surface area contributed by atoms with Crippen LogP contribution < -0.4 is 0 Å². The van der Waals surface area contributed by atoms with E-state index in [1.807, 2.05) is 0 Å². The van der Waals surface area contributed by atoms with Crippen LogP contribution >= 0.6 is 0 Å². The summed E-state index contributed by atoms with van der Waals surface area (Å²) >= 11 is 0. The van der Waals surface area contributed by atoms with Crippen LogP contribution in [-0.4, -0.2) is 18.8 Å². The maximum absolute atomic E-state index is 11.7. The average Bonchev–Trinajstić information content (AvgIpc) is 2.17. The minimum absolute atomic E-state index is 0.0893. The molecule has 1 atom stereocenters. The first-order valence-electron chi connectivity index (χ1n) is 4.55. The zero-order valence-corrected chi connectivity index (χ0v) is 9.57. The molecule has 0 saturated heterocycles. The summed E-state index contributed by atoms with van der Waals surface area (Å²) < 4.78 is 31.4. The first-order valence-corrected chi connectivity index (χ1v) is 6.05. The number of ketones is 1. The lowest BCUT2D eigenvalue weighted by Crippen LogP contribution is -2.22. The third kappa shape index (κ3) is 2.77. The van der Waals surface area contributed by atoms with Gasteiger partial charge < -0.3 is 0 Å². The van der Waals surface area contributed by atoms with Crippen molar-refractivity contribution in [1.29, 1.82) is 0 Å². The summed E-state index contributed by atoms with van der Waals surface area (Å²) in [6.07, 6.45) is 0. The van der Waals surface area contributed by atoms with E-state index in [9.17, 15) is 13.2 Å². The fourth-order valence-corrected chi connectivity index (χ4v) is 2.28. The third-order valence-electron chi connectivity index (χ3n) is 2.06. The highest BCUT2D eigenvalue weighted by molar-refractivity contribution is 7.86. The topological polar surface area (TPSA) is 71.4 Å². The SMILES string of the molecule is C=C(C)C(=O)C(c1ccccc1)S(=O)(=O)O. The Hall–Kier alpha value is -1.46. The summed E-state index contributed by atoms with van der Waals surface area (Å²) in [6.45, 7) is 4.80. The zero-order valence-electron chi connectivity index (χ0n) is 8.75. The maximum Gasteiger partial charge on any atom is 0.279 e. The number of hydrogen-bond acceptors (Lipinski definition) is 3. The number of benzene rings is 1. The number of rotatable bonds is 4. The Bertz CT molecular complexity index is 502. The van der Waals surface area contributed by atoms with E-state index in [0.29, 0.717) is 0 Å². The van der Waals surface area contributed by atoms with Crippen LogP contribution in [0.5, 0.6) is 0 Å². The molecule has 4 nitrogen and oxygen atoms in total. The molecule has 86 valence electrons. The van der Waals surface area contributed by atoms with Gasteiger partial charge in [0.15, 0.2) is 11.0 Å². The number of carbonyl (C=O) groups excluding carboxylic acids is 1. The number of Topliss-reactive ketones (excluding diaryl/α,β-unsaturated/α-hetero) is 1. The average molecular weight is 240 g/mol. The molecule has 0 aliphatic rings. The van der Waals surface area contributed by atoms with Gasteiger partial charge in [0.25, 0.3) is 10.1 Å². The summed E-state index contributed by atoms with van der Waals surface area (Å²) in [5.74, 6) is -0.700. The monoisotopic (exact) mass is 240 g/mol. The van der Waals surface area contributed by atoms with Crippen molar-refractivity contribution in [3.63, 3.8) is 0 Å². The Kier molecular flexibility index (Phi) is 3.62. The van der Waals surface area contributed by atoms with Crippen molar-refractivity contribution in [1.82, 2.24) is 0 Å². The largest absolute Gasteiger partial charge is 0.293 e. The van der Waals surface area contributed by atoms with E-state index < -0.39 is 21.2 Å². The van der Waals surface area contributed by atoms with Crippen molar-refractivity contribution < 1.29 is 17.8 Å². The van der Waals surface area contributed by atoms with Gasteiger partial charge in [-0.05, 0) is 18.1 Å². The van der Waals surface area contributed by atoms with Crippen LogP contribution in [0.1, 0.15) is 17.7 Å². The molecule has 0 spiro atoms. The van der Waals surface area contributed by atoms with Gasteiger partial charge in [0.05, 0.1) is 0 Å². The van der Waals surface area contributed by atoms with Crippen LogP contribution in [0.3, 0.4) is 0 Å². The second-order valence-electron chi connectivity index (χ2n) is 3.45. The smallest absolute Gasteiger partial charge is 0.279 e. The summed E-state index contributed by atoms with van der Waals surface area (Å²) in [5, 5.41) is -1.58. The van der Waals surface area contributed by atoms with Gasteiger partial charge in [0, 0.05) is 0 Å². The van der Waals surface area contributed by atoms with Gasteiger partial charge in [-0.3, -0.25) is 9.35 Å². The molecule has 16 heavy (non-hydrogen) atoms. The van der Waals surface area contributed by atoms with Crippen molar-refractivity contribution in [2.45, 2.75) is 12.2 Å². The van der Waals surface area contributed by atoms with Crippen molar-refractivity contribution in [3.8, 4) is 0 Å². The molecule has 0 aromatic heterocycles. The molecule has 0 heterocycles. The summed E-state index contributed by atoms with van der Waals surface area (Å²) in [7, 11) is -4.47. The van der Waals surface area contributed by atoms with Gasteiger partial charge in [-0.2, -0.15) is 8.42 Å². The fraction of sp³-hybridized carbons (Fsp3) is 0.182. The van der Waals surface area contributed by atoms with Gasteiger partial charge in [-0.1, -0.05) is 36.9 Å². The lowest BCUT2D eigenvalue weighted by atomic mass is 10.0. The van der Waals surface area contributed by atoms with Crippen molar-refractivity contribution in [2.75, 3.05) is 0 Å². The molecule has 5 heteroatoms. The van der Waals surface area contributed by atoms with E-state index in [-0.39, 0.29) is 11.1 Å². The minimum Gasteiger partial charge on any atom is -0.293 e. The quantitative estimate of drug-likeness (QED) is 0.643. The maximum atomic E-state index is 11.7. The lowest BCUT2D eigenvalue weighted by molar-refractivity contribution is -0.115. The molecule has 1 unspecified atom stereocenters. The van der Waals surface area contributed by atoms with Crippen LogP contribution in [-0.2, 0) is 14.9 Å². The van der Waals surface area contributed by atoms with Crippen molar-refractivity contribution in [3.05, 3.63) is 48.0 Å². The number of allylic oxidation sites excluding steroid dienone is 1. The van der Waals surface area contributed by atoms with E-state index in [4.69, 9.17) is 4.55 Å². The molecule has 0 amide bonds. The fourth-order valence-electron chi connectivity index (χ4n) is 1.31. The first-order chi connectivity index (χ1) is 7.34. The lowest BCUT2D eigenvalue weighted by Gasteiger charge is -2.12. The number of carbonyl (C=O) groups is 1. The normalized spacial score (nSPS) is 13.1. The highest BCUT2D eigenvalue weighted by atomic mass is 32.2. The number of hydrogen-bond donors (Lipinski definition) is 1. The van der Waals surface area contributed by atoms with Gasteiger partial charge in [0.1, 0.15) is 0 Å². The van der Waals surface area contributed by atoms with Crippen molar-refractivity contribution in [2.24, 2.45) is 0 Å². The van der Waals surface area contributed by atoms with Crippen molar-refractivity contribution >= 4 is 15.9 Å². The van der Waals surface area contributed by atoms with Gasteiger partial charge in [-0.25, -0.2) is 0 Å². The Balaban J connectivity index is 3.29. The molecule has 0 bridgehead atoms. The van der Waals surface area contributed by atoms with E-state index in [1.165, 1.54) is 19.1 Å². The Labute approximate surface area is 94.4 Å². The third-order valence-corrected chi connectivity index (χ3v) is 3.14. The Morgan fingerprint density at radius 1 is 1.31 bits per heavy atom. The van der Waals surface area contributed by atoms with Crippen LogP contribution in [0.25, 0.3) is 0 Å². The summed E-state index contributed by atoms with van der Waals surface area (Å²) in [4.78, 5) is 11.7. The summed E-state index contributed by atoms with van der Waals surface area (Å²) in [6, 6.07) is 7.83. The van der Waals surface area contributed by atoms with E-state index in [0.717, 1.165) is 0 Å². The first kappa shape index (κ1) is 12.6. The molecule has 1 aromatic carbocycles. The highest BCUT2D eigenvalue weighted by Gasteiger charge is 2.32. The zero-order chi connectivity index (χ0) is 12.3. The van der Waals surface area contributed by atoms with Gasteiger partial charge in [0.2, 0.25) is 0 Å². The van der Waals surface area contributed by atoms with Crippen LogP contribution in [0.15, 0.2) is 42.5 Å².